The highest BCUT2D eigenvalue weighted by Crippen LogP contribution is 2.34. The molecule has 0 unspecified atom stereocenters. The third kappa shape index (κ3) is 2.74. The van der Waals surface area contributed by atoms with Crippen LogP contribution in [0.4, 0.5) is 4.39 Å². The zero-order valence-electron chi connectivity index (χ0n) is 8.68. The summed E-state index contributed by atoms with van der Waals surface area (Å²) in [5.41, 5.74) is 2.08. The zero-order chi connectivity index (χ0) is 12.4. The second-order valence-corrected chi connectivity index (χ2v) is 4.64. The van der Waals surface area contributed by atoms with Crippen molar-refractivity contribution in [2.75, 3.05) is 0 Å². The summed E-state index contributed by atoms with van der Waals surface area (Å²) in [6.07, 6.45) is 0. The van der Waals surface area contributed by atoms with Gasteiger partial charge in [-0.2, -0.15) is 0 Å². The van der Waals surface area contributed by atoms with Crippen LogP contribution in [0.1, 0.15) is 5.56 Å². The first kappa shape index (κ1) is 12.7. The third-order valence-corrected chi connectivity index (χ3v) is 3.50. The van der Waals surface area contributed by atoms with Gasteiger partial charge in [-0.25, -0.2) is 4.39 Å². The van der Waals surface area contributed by atoms with Gasteiger partial charge in [0.1, 0.15) is 5.82 Å². The van der Waals surface area contributed by atoms with Crippen molar-refractivity contribution in [2.24, 2.45) is 0 Å². The number of benzene rings is 2. The Morgan fingerprint density at radius 1 is 1.06 bits per heavy atom. The lowest BCUT2D eigenvalue weighted by molar-refractivity contribution is 0.627. The van der Waals surface area contributed by atoms with E-state index in [1.54, 1.807) is 24.3 Å². The van der Waals surface area contributed by atoms with Gasteiger partial charge in [0.2, 0.25) is 0 Å². The Morgan fingerprint density at radius 3 is 2.53 bits per heavy atom. The lowest BCUT2D eigenvalue weighted by Gasteiger charge is -2.07. The van der Waals surface area contributed by atoms with E-state index in [9.17, 15) is 4.39 Å². The van der Waals surface area contributed by atoms with Gasteiger partial charge in [0.05, 0.1) is 10.0 Å². The van der Waals surface area contributed by atoms with Crippen LogP contribution >= 0.6 is 34.8 Å². The van der Waals surface area contributed by atoms with Crippen LogP contribution in [0.5, 0.6) is 0 Å². The first-order chi connectivity index (χ1) is 8.11. The topological polar surface area (TPSA) is 0 Å². The Bertz CT molecular complexity index is 552. The highest BCUT2D eigenvalue weighted by molar-refractivity contribution is 6.43. The summed E-state index contributed by atoms with van der Waals surface area (Å²) in [7, 11) is 0. The van der Waals surface area contributed by atoms with Gasteiger partial charge in [-0.1, -0.05) is 35.3 Å². The highest BCUT2D eigenvalue weighted by Gasteiger charge is 2.08. The SMILES string of the molecule is Fc1cc(CCl)cc(-c2cccc(Cl)c2Cl)c1. The van der Waals surface area contributed by atoms with Crippen LogP contribution in [0.25, 0.3) is 11.1 Å². The van der Waals surface area contributed by atoms with Gasteiger partial charge in [-0.3, -0.25) is 0 Å². The highest BCUT2D eigenvalue weighted by atomic mass is 35.5. The van der Waals surface area contributed by atoms with E-state index in [0.717, 1.165) is 0 Å². The number of rotatable bonds is 2. The van der Waals surface area contributed by atoms with Gasteiger partial charge >= 0.3 is 0 Å². The van der Waals surface area contributed by atoms with Crippen molar-refractivity contribution in [3.63, 3.8) is 0 Å². The van der Waals surface area contributed by atoms with Crippen LogP contribution in [0.3, 0.4) is 0 Å². The molecular weight excluding hydrogens is 282 g/mol. The van der Waals surface area contributed by atoms with Gasteiger partial charge in [0.15, 0.2) is 0 Å². The molecule has 0 bridgehead atoms. The molecule has 0 nitrogen and oxygen atoms in total. The Balaban J connectivity index is 2.60. The molecule has 0 saturated heterocycles. The fourth-order valence-corrected chi connectivity index (χ4v) is 2.17. The molecule has 0 aliphatic heterocycles. The molecule has 0 amide bonds. The van der Waals surface area contributed by atoms with Crippen LogP contribution in [0.2, 0.25) is 10.0 Å². The number of halogens is 4. The van der Waals surface area contributed by atoms with E-state index in [2.05, 4.69) is 0 Å². The predicted molar refractivity (Wildman–Crippen MR) is 71.4 cm³/mol. The molecule has 2 aromatic carbocycles. The molecule has 0 heterocycles. The van der Waals surface area contributed by atoms with Crippen molar-refractivity contribution in [3.8, 4) is 11.1 Å². The quantitative estimate of drug-likeness (QED) is 0.637. The summed E-state index contributed by atoms with van der Waals surface area (Å²) >= 11 is 17.7. The molecule has 4 heteroatoms. The predicted octanol–water partition coefficient (Wildman–Crippen LogP) is 5.54. The van der Waals surface area contributed by atoms with Gasteiger partial charge in [0, 0.05) is 11.4 Å². The molecule has 2 aromatic rings. The van der Waals surface area contributed by atoms with E-state index >= 15 is 0 Å². The first-order valence-corrected chi connectivity index (χ1v) is 6.20. The number of hydrogen-bond donors (Lipinski definition) is 0. The Morgan fingerprint density at radius 2 is 1.82 bits per heavy atom. The van der Waals surface area contributed by atoms with Crippen molar-refractivity contribution in [2.45, 2.75) is 5.88 Å². The van der Waals surface area contributed by atoms with Crippen molar-refractivity contribution >= 4 is 34.8 Å². The summed E-state index contributed by atoms with van der Waals surface area (Å²) in [5, 5.41) is 0.862. The molecule has 0 aliphatic rings. The zero-order valence-corrected chi connectivity index (χ0v) is 11.0. The van der Waals surface area contributed by atoms with Gasteiger partial charge in [-0.15, -0.1) is 11.6 Å². The average molecular weight is 290 g/mol. The maximum absolute atomic E-state index is 13.4. The summed E-state index contributed by atoms with van der Waals surface area (Å²) in [4.78, 5) is 0. The van der Waals surface area contributed by atoms with E-state index in [4.69, 9.17) is 34.8 Å². The van der Waals surface area contributed by atoms with Crippen LogP contribution in [0, 0.1) is 5.82 Å². The molecule has 17 heavy (non-hydrogen) atoms. The maximum Gasteiger partial charge on any atom is 0.124 e. The van der Waals surface area contributed by atoms with Crippen LogP contribution < -0.4 is 0 Å². The molecule has 0 spiro atoms. The van der Waals surface area contributed by atoms with E-state index in [1.165, 1.54) is 12.1 Å². The minimum atomic E-state index is -0.339. The van der Waals surface area contributed by atoms with Crippen molar-refractivity contribution in [1.82, 2.24) is 0 Å². The fraction of sp³-hybridized carbons (Fsp3) is 0.0769. The van der Waals surface area contributed by atoms with Crippen LogP contribution in [-0.2, 0) is 5.88 Å². The van der Waals surface area contributed by atoms with E-state index in [0.29, 0.717) is 26.7 Å². The number of hydrogen-bond acceptors (Lipinski definition) is 0. The third-order valence-electron chi connectivity index (χ3n) is 2.37. The van der Waals surface area contributed by atoms with Crippen molar-refractivity contribution < 1.29 is 4.39 Å². The summed E-state index contributed by atoms with van der Waals surface area (Å²) in [6.45, 7) is 0. The molecule has 0 atom stereocenters. The number of alkyl halides is 1. The van der Waals surface area contributed by atoms with E-state index in [-0.39, 0.29) is 11.7 Å². The minimum Gasteiger partial charge on any atom is -0.207 e. The molecule has 2 rings (SSSR count). The summed E-state index contributed by atoms with van der Waals surface area (Å²) in [6, 6.07) is 9.86. The summed E-state index contributed by atoms with van der Waals surface area (Å²) < 4.78 is 13.4. The largest absolute Gasteiger partial charge is 0.207 e. The molecule has 0 radical (unpaired) electrons. The Hall–Kier alpha value is -0.760. The Kier molecular flexibility index (Phi) is 3.93. The van der Waals surface area contributed by atoms with Crippen LogP contribution in [-0.4, -0.2) is 0 Å². The van der Waals surface area contributed by atoms with Crippen LogP contribution in [0.15, 0.2) is 36.4 Å². The molecule has 0 aliphatic carbocycles. The van der Waals surface area contributed by atoms with Gasteiger partial charge < -0.3 is 0 Å². The molecule has 88 valence electrons. The van der Waals surface area contributed by atoms with E-state index < -0.39 is 0 Å². The van der Waals surface area contributed by atoms with Crippen molar-refractivity contribution in [1.29, 1.82) is 0 Å². The standard InChI is InChI=1S/C13H8Cl3F/c14-7-8-4-9(6-10(17)5-8)11-2-1-3-12(15)13(11)16/h1-6H,7H2. The van der Waals surface area contributed by atoms with Gasteiger partial charge in [0.25, 0.3) is 0 Å². The van der Waals surface area contributed by atoms with E-state index in [1.807, 2.05) is 0 Å². The second kappa shape index (κ2) is 5.26. The molecular formula is C13H8Cl3F. The minimum absolute atomic E-state index is 0.253. The lowest BCUT2D eigenvalue weighted by Crippen LogP contribution is -1.87. The smallest absolute Gasteiger partial charge is 0.124 e. The molecule has 0 saturated carbocycles. The first-order valence-electron chi connectivity index (χ1n) is 4.91. The summed E-state index contributed by atoms with van der Waals surface area (Å²) in [5.74, 6) is -0.0858. The lowest BCUT2D eigenvalue weighted by atomic mass is 10.0. The average Bonchev–Trinajstić information content (AvgIpc) is 2.31. The fourth-order valence-electron chi connectivity index (χ4n) is 1.61. The monoisotopic (exact) mass is 288 g/mol. The Labute approximate surface area is 114 Å². The second-order valence-electron chi connectivity index (χ2n) is 3.58. The van der Waals surface area contributed by atoms with Crippen molar-refractivity contribution in [3.05, 3.63) is 57.8 Å². The molecule has 0 N–H and O–H groups in total. The normalized spacial score (nSPS) is 10.6. The molecule has 0 aromatic heterocycles. The molecule has 0 fully saturated rings. The van der Waals surface area contributed by atoms with Gasteiger partial charge in [-0.05, 0) is 35.4 Å². The maximum atomic E-state index is 13.4.